The van der Waals surface area contributed by atoms with E-state index in [0.717, 1.165) is 16.9 Å². The first-order valence-electron chi connectivity index (χ1n) is 6.15. The zero-order valence-corrected chi connectivity index (χ0v) is 12.2. The predicted molar refractivity (Wildman–Crippen MR) is 77.5 cm³/mol. The number of carboxylic acid groups (broad SMARTS) is 1. The number of Topliss-reactive ketones (excluding diaryl/α,β-unsaturated/α-hetero) is 1. The molecule has 0 aliphatic rings. The van der Waals surface area contributed by atoms with Gasteiger partial charge in [-0.25, -0.2) is 14.2 Å². The van der Waals surface area contributed by atoms with Crippen molar-refractivity contribution in [3.63, 3.8) is 0 Å². The van der Waals surface area contributed by atoms with Crippen LogP contribution in [0.5, 0.6) is 0 Å². The van der Waals surface area contributed by atoms with Crippen LogP contribution in [0, 0.1) is 5.82 Å². The highest BCUT2D eigenvalue weighted by Gasteiger charge is 2.21. The van der Waals surface area contributed by atoms with Crippen LogP contribution in [0.3, 0.4) is 0 Å². The Morgan fingerprint density at radius 1 is 1.33 bits per heavy atom. The van der Waals surface area contributed by atoms with E-state index in [-0.39, 0.29) is 28.2 Å². The van der Waals surface area contributed by atoms with E-state index in [9.17, 15) is 14.0 Å². The maximum Gasteiger partial charge on any atom is 0.356 e. The molecule has 0 fully saturated rings. The first-order chi connectivity index (χ1) is 9.88. The van der Waals surface area contributed by atoms with Gasteiger partial charge >= 0.3 is 5.97 Å². The number of anilines is 1. The van der Waals surface area contributed by atoms with Crippen molar-refractivity contribution in [1.82, 2.24) is 4.98 Å². The van der Waals surface area contributed by atoms with Gasteiger partial charge in [-0.2, -0.15) is 0 Å². The second-order valence-corrected chi connectivity index (χ2v) is 5.47. The number of ketones is 1. The lowest BCUT2D eigenvalue weighted by atomic mass is 10.1. The van der Waals surface area contributed by atoms with Crippen LogP contribution in [0.25, 0.3) is 0 Å². The lowest BCUT2D eigenvalue weighted by Crippen LogP contribution is -2.07. The fourth-order valence-electron chi connectivity index (χ4n) is 1.79. The van der Waals surface area contributed by atoms with E-state index in [1.165, 1.54) is 19.1 Å². The third kappa shape index (κ3) is 3.43. The SMILES string of the molecule is CC(=O)c1sc(NC(C)c2ccc(F)cc2)nc1C(=O)O. The Hall–Kier alpha value is -2.28. The molecule has 0 saturated carbocycles. The molecule has 1 aromatic carbocycles. The van der Waals surface area contributed by atoms with Gasteiger partial charge in [0, 0.05) is 6.92 Å². The van der Waals surface area contributed by atoms with Crippen molar-refractivity contribution >= 4 is 28.2 Å². The van der Waals surface area contributed by atoms with Gasteiger partial charge in [-0.05, 0) is 24.6 Å². The van der Waals surface area contributed by atoms with Gasteiger partial charge in [-0.3, -0.25) is 4.79 Å². The molecule has 0 aliphatic carbocycles. The lowest BCUT2D eigenvalue weighted by molar-refractivity contribution is 0.0687. The van der Waals surface area contributed by atoms with Crippen LogP contribution in [0.2, 0.25) is 0 Å². The van der Waals surface area contributed by atoms with Crippen LogP contribution in [-0.2, 0) is 0 Å². The summed E-state index contributed by atoms with van der Waals surface area (Å²) in [5, 5.41) is 12.4. The highest BCUT2D eigenvalue weighted by Crippen LogP contribution is 2.27. The van der Waals surface area contributed by atoms with Gasteiger partial charge in [0.05, 0.1) is 6.04 Å². The monoisotopic (exact) mass is 308 g/mol. The number of aromatic nitrogens is 1. The molecule has 1 heterocycles. The van der Waals surface area contributed by atoms with Gasteiger partial charge in [-0.15, -0.1) is 0 Å². The molecule has 1 aromatic heterocycles. The summed E-state index contributed by atoms with van der Waals surface area (Å²) in [5.41, 5.74) is 0.578. The minimum Gasteiger partial charge on any atom is -0.476 e. The second-order valence-electron chi connectivity index (χ2n) is 4.48. The molecule has 21 heavy (non-hydrogen) atoms. The van der Waals surface area contributed by atoms with Crippen LogP contribution < -0.4 is 5.32 Å². The molecule has 0 saturated heterocycles. The Balaban J connectivity index is 2.23. The number of benzene rings is 1. The summed E-state index contributed by atoms with van der Waals surface area (Å²) in [7, 11) is 0. The van der Waals surface area contributed by atoms with Gasteiger partial charge in [0.2, 0.25) is 0 Å². The number of thiazole rings is 1. The lowest BCUT2D eigenvalue weighted by Gasteiger charge is -2.12. The number of nitrogens with zero attached hydrogens (tertiary/aromatic N) is 1. The van der Waals surface area contributed by atoms with Crippen LogP contribution in [0.1, 0.15) is 45.6 Å². The molecule has 0 radical (unpaired) electrons. The average molecular weight is 308 g/mol. The topological polar surface area (TPSA) is 79.3 Å². The van der Waals surface area contributed by atoms with Crippen molar-refractivity contribution in [3.8, 4) is 0 Å². The second kappa shape index (κ2) is 6.01. The maximum atomic E-state index is 12.9. The molecular formula is C14H13FN2O3S. The number of hydrogen-bond donors (Lipinski definition) is 2. The third-order valence-electron chi connectivity index (χ3n) is 2.86. The molecule has 0 spiro atoms. The number of carbonyl (C=O) groups is 2. The van der Waals surface area contributed by atoms with Crippen molar-refractivity contribution in [2.75, 3.05) is 5.32 Å². The number of carbonyl (C=O) groups excluding carboxylic acids is 1. The standard InChI is InChI=1S/C14H13FN2O3S/c1-7(9-3-5-10(15)6-4-9)16-14-17-11(13(19)20)12(21-14)8(2)18/h3-7H,1-2H3,(H,16,17)(H,19,20). The Morgan fingerprint density at radius 3 is 2.43 bits per heavy atom. The molecule has 2 rings (SSSR count). The Bertz CT molecular complexity index is 651. The third-order valence-corrected chi connectivity index (χ3v) is 3.95. The van der Waals surface area contributed by atoms with E-state index in [4.69, 9.17) is 5.11 Å². The van der Waals surface area contributed by atoms with Crippen LogP contribution in [-0.4, -0.2) is 21.8 Å². The molecule has 7 heteroatoms. The van der Waals surface area contributed by atoms with Crippen molar-refractivity contribution < 1.29 is 19.1 Å². The molecule has 110 valence electrons. The van der Waals surface area contributed by atoms with Gasteiger partial charge in [0.15, 0.2) is 16.6 Å². The maximum absolute atomic E-state index is 12.9. The van der Waals surface area contributed by atoms with E-state index in [1.807, 2.05) is 6.92 Å². The van der Waals surface area contributed by atoms with E-state index in [0.29, 0.717) is 5.13 Å². The van der Waals surface area contributed by atoms with E-state index >= 15 is 0 Å². The van der Waals surface area contributed by atoms with E-state index in [2.05, 4.69) is 10.3 Å². The van der Waals surface area contributed by atoms with Crippen molar-refractivity contribution in [1.29, 1.82) is 0 Å². The van der Waals surface area contributed by atoms with Gasteiger partial charge in [0.25, 0.3) is 0 Å². The largest absolute Gasteiger partial charge is 0.476 e. The Kier molecular flexibility index (Phi) is 4.32. The van der Waals surface area contributed by atoms with Gasteiger partial charge < -0.3 is 10.4 Å². The summed E-state index contributed by atoms with van der Waals surface area (Å²) < 4.78 is 12.9. The molecule has 2 aromatic rings. The summed E-state index contributed by atoms with van der Waals surface area (Å²) >= 11 is 0.995. The molecular weight excluding hydrogens is 295 g/mol. The van der Waals surface area contributed by atoms with Crippen molar-refractivity contribution in [2.24, 2.45) is 0 Å². The summed E-state index contributed by atoms with van der Waals surface area (Å²) in [6.45, 7) is 3.13. The molecule has 1 atom stereocenters. The Labute approximate surface area is 124 Å². The molecule has 5 nitrogen and oxygen atoms in total. The first-order valence-corrected chi connectivity index (χ1v) is 6.97. The summed E-state index contributed by atoms with van der Waals surface area (Å²) in [6, 6.07) is 5.76. The fourth-order valence-corrected chi connectivity index (χ4v) is 2.72. The number of nitrogens with one attached hydrogen (secondary N) is 1. The molecule has 0 aliphatic heterocycles. The van der Waals surface area contributed by atoms with Gasteiger partial charge in [-0.1, -0.05) is 23.5 Å². The highest BCUT2D eigenvalue weighted by molar-refractivity contribution is 7.17. The summed E-state index contributed by atoms with van der Waals surface area (Å²) in [4.78, 5) is 26.5. The highest BCUT2D eigenvalue weighted by atomic mass is 32.1. The number of halogens is 1. The van der Waals surface area contributed by atoms with E-state index in [1.54, 1.807) is 12.1 Å². The van der Waals surface area contributed by atoms with Gasteiger partial charge in [0.1, 0.15) is 10.7 Å². The molecule has 1 unspecified atom stereocenters. The van der Waals surface area contributed by atoms with Crippen LogP contribution >= 0.6 is 11.3 Å². The molecule has 0 amide bonds. The fraction of sp³-hybridized carbons (Fsp3) is 0.214. The van der Waals surface area contributed by atoms with E-state index < -0.39 is 5.97 Å². The molecule has 2 N–H and O–H groups in total. The van der Waals surface area contributed by atoms with Crippen LogP contribution in [0.4, 0.5) is 9.52 Å². The zero-order valence-electron chi connectivity index (χ0n) is 11.4. The average Bonchev–Trinajstić information content (AvgIpc) is 2.83. The Morgan fingerprint density at radius 2 is 1.95 bits per heavy atom. The van der Waals surface area contributed by atoms with Crippen LogP contribution in [0.15, 0.2) is 24.3 Å². The smallest absolute Gasteiger partial charge is 0.356 e. The zero-order chi connectivity index (χ0) is 15.6. The first kappa shape index (κ1) is 15.1. The number of aromatic carboxylic acids is 1. The van der Waals surface area contributed by atoms with Crippen molar-refractivity contribution in [3.05, 3.63) is 46.2 Å². The minimum atomic E-state index is -1.24. The van der Waals surface area contributed by atoms with Crippen molar-refractivity contribution in [2.45, 2.75) is 19.9 Å². The number of rotatable bonds is 5. The quantitative estimate of drug-likeness (QED) is 0.828. The molecule has 0 bridgehead atoms. The number of carboxylic acids is 1. The summed E-state index contributed by atoms with van der Waals surface area (Å²) in [5.74, 6) is -1.90. The number of hydrogen-bond acceptors (Lipinski definition) is 5. The summed E-state index contributed by atoms with van der Waals surface area (Å²) in [6.07, 6.45) is 0. The minimum absolute atomic E-state index is 0.108. The predicted octanol–water partition coefficient (Wildman–Crippen LogP) is 3.36. The normalized spacial score (nSPS) is 12.0.